The fourth-order valence-corrected chi connectivity index (χ4v) is 6.38. The van der Waals surface area contributed by atoms with Gasteiger partial charge in [-0.1, -0.05) is 63.9 Å². The molecular weight excluding hydrogens is 638 g/mol. The molecule has 0 saturated heterocycles. The summed E-state index contributed by atoms with van der Waals surface area (Å²) in [6.07, 6.45) is 4.77. The number of hydrogen-bond donors (Lipinski definition) is 0. The van der Waals surface area contributed by atoms with Gasteiger partial charge in [-0.15, -0.1) is 0 Å². The molecule has 0 saturated carbocycles. The van der Waals surface area contributed by atoms with E-state index in [1.807, 2.05) is 19.9 Å². The molecule has 8 heteroatoms. The first-order chi connectivity index (χ1) is 23.8. The fraction of sp³-hybridized carbons (Fsp3) is 0.366. The lowest BCUT2D eigenvalue weighted by Crippen LogP contribution is -2.26. The van der Waals surface area contributed by atoms with Gasteiger partial charge in [0.1, 0.15) is 11.5 Å². The van der Waals surface area contributed by atoms with E-state index in [1.54, 1.807) is 62.8 Å². The number of hydrogen-bond acceptors (Lipinski definition) is 7. The largest absolute Gasteiger partial charge is 0.497 e. The third-order valence-electron chi connectivity index (χ3n) is 8.81. The molecule has 4 aromatic rings. The van der Waals surface area contributed by atoms with Crippen LogP contribution in [0.3, 0.4) is 0 Å². The Hall–Kier alpha value is -4.33. The predicted octanol–water partition coefficient (Wildman–Crippen LogP) is 9.35. The summed E-state index contributed by atoms with van der Waals surface area (Å²) in [6, 6.07) is 21.8. The van der Waals surface area contributed by atoms with Crippen molar-refractivity contribution in [2.75, 3.05) is 34.4 Å². The molecule has 0 spiro atoms. The highest BCUT2D eigenvalue weighted by Crippen LogP contribution is 2.45. The summed E-state index contributed by atoms with van der Waals surface area (Å²) in [7, 11) is 5.21. The standard InChI is InChI=1S/C39H42ClNO6.C2H6/c1-6-9-32-33(34(24-41(3)7-2)29-13-12-25-10-8-11-28(25)22-29)23-35(46-38(42)26-14-18-30(44-4)19-15-26)37(36(32)40)47-39(43)27-16-20-31(45-5)21-17-27;1-2/h12-23,34H,6-11,24H2,1-5H3;1-2H3. The number of aryl methyl sites for hydroxylation is 2. The summed E-state index contributed by atoms with van der Waals surface area (Å²) in [5, 5.41) is 0.258. The molecule has 0 amide bonds. The van der Waals surface area contributed by atoms with Gasteiger partial charge in [0, 0.05) is 12.5 Å². The number of esters is 2. The molecule has 0 aromatic heterocycles. The third-order valence-corrected chi connectivity index (χ3v) is 9.21. The number of likely N-dealkylation sites (N-methyl/N-ethyl adjacent to an activating group) is 1. The quantitative estimate of drug-likeness (QED) is 0.103. The number of methoxy groups -OCH3 is 2. The van der Waals surface area contributed by atoms with Crippen molar-refractivity contribution in [2.45, 2.75) is 65.7 Å². The van der Waals surface area contributed by atoms with E-state index in [4.69, 9.17) is 30.5 Å². The summed E-state index contributed by atoms with van der Waals surface area (Å²) in [5.74, 6) is -0.00233. The minimum atomic E-state index is -0.632. The van der Waals surface area contributed by atoms with Crippen LogP contribution >= 0.6 is 11.6 Å². The van der Waals surface area contributed by atoms with Crippen LogP contribution < -0.4 is 18.9 Å². The van der Waals surface area contributed by atoms with Crippen molar-refractivity contribution in [1.82, 2.24) is 4.90 Å². The smallest absolute Gasteiger partial charge is 0.343 e. The third kappa shape index (κ3) is 9.02. The van der Waals surface area contributed by atoms with Gasteiger partial charge in [0.2, 0.25) is 0 Å². The van der Waals surface area contributed by atoms with Crippen molar-refractivity contribution in [3.63, 3.8) is 0 Å². The lowest BCUT2D eigenvalue weighted by atomic mass is 9.84. The number of fused-ring (bicyclic) bond motifs is 1. The van der Waals surface area contributed by atoms with E-state index >= 15 is 0 Å². The van der Waals surface area contributed by atoms with Crippen LogP contribution in [0.25, 0.3) is 0 Å². The summed E-state index contributed by atoms with van der Waals surface area (Å²) in [5.41, 5.74) is 6.38. The Kier molecular flexibility index (Phi) is 13.7. The number of rotatable bonds is 13. The molecule has 7 nitrogen and oxygen atoms in total. The maximum atomic E-state index is 13.5. The topological polar surface area (TPSA) is 74.3 Å². The van der Waals surface area contributed by atoms with Crippen molar-refractivity contribution in [1.29, 1.82) is 0 Å². The molecule has 49 heavy (non-hydrogen) atoms. The predicted molar refractivity (Wildman–Crippen MR) is 196 cm³/mol. The highest BCUT2D eigenvalue weighted by Gasteiger charge is 2.29. The lowest BCUT2D eigenvalue weighted by molar-refractivity contribution is 0.0682. The van der Waals surface area contributed by atoms with E-state index < -0.39 is 11.9 Å². The summed E-state index contributed by atoms with van der Waals surface area (Å²) < 4.78 is 22.5. The van der Waals surface area contributed by atoms with Crippen molar-refractivity contribution < 1.29 is 28.5 Å². The van der Waals surface area contributed by atoms with Gasteiger partial charge in [0.05, 0.1) is 30.4 Å². The van der Waals surface area contributed by atoms with E-state index in [-0.39, 0.29) is 22.4 Å². The number of benzene rings is 4. The second kappa shape index (κ2) is 17.9. The van der Waals surface area contributed by atoms with E-state index in [9.17, 15) is 9.59 Å². The van der Waals surface area contributed by atoms with E-state index in [0.29, 0.717) is 29.0 Å². The Morgan fingerprint density at radius 2 is 1.37 bits per heavy atom. The second-order valence-electron chi connectivity index (χ2n) is 11.9. The monoisotopic (exact) mass is 685 g/mol. The number of ether oxygens (including phenoxy) is 4. The van der Waals surface area contributed by atoms with Crippen LogP contribution in [0.4, 0.5) is 0 Å². The number of carbonyl (C=O) groups is 2. The highest BCUT2D eigenvalue weighted by atomic mass is 35.5. The van der Waals surface area contributed by atoms with Crippen LogP contribution in [0.5, 0.6) is 23.0 Å². The van der Waals surface area contributed by atoms with Gasteiger partial charge in [-0.05, 0) is 122 Å². The molecule has 1 unspecified atom stereocenters. The normalized spacial score (nSPS) is 12.4. The average Bonchev–Trinajstić information content (AvgIpc) is 3.62. The van der Waals surface area contributed by atoms with Gasteiger partial charge < -0.3 is 23.8 Å². The second-order valence-corrected chi connectivity index (χ2v) is 12.2. The molecule has 0 bridgehead atoms. The Labute approximate surface area is 296 Å². The van der Waals surface area contributed by atoms with Crippen LogP contribution in [0.1, 0.15) is 95.0 Å². The van der Waals surface area contributed by atoms with Crippen LogP contribution in [0.15, 0.2) is 72.8 Å². The molecule has 1 atom stereocenters. The zero-order valence-corrected chi connectivity index (χ0v) is 30.5. The fourth-order valence-electron chi connectivity index (χ4n) is 6.05. The first kappa shape index (κ1) is 37.5. The van der Waals surface area contributed by atoms with Gasteiger partial charge in [0.25, 0.3) is 0 Å². The maximum Gasteiger partial charge on any atom is 0.343 e. The van der Waals surface area contributed by atoms with Gasteiger partial charge in [0.15, 0.2) is 11.5 Å². The van der Waals surface area contributed by atoms with Crippen molar-refractivity contribution in [3.8, 4) is 23.0 Å². The Balaban J connectivity index is 0.00000265. The first-order valence-electron chi connectivity index (χ1n) is 17.1. The molecule has 4 aromatic carbocycles. The Bertz CT molecular complexity index is 1720. The Morgan fingerprint density at radius 3 is 1.92 bits per heavy atom. The zero-order valence-electron chi connectivity index (χ0n) is 29.7. The van der Waals surface area contributed by atoms with Crippen LogP contribution in [0, 0.1) is 0 Å². The molecule has 5 rings (SSSR count). The van der Waals surface area contributed by atoms with Crippen LogP contribution in [-0.2, 0) is 19.3 Å². The minimum absolute atomic E-state index is 0.0121. The molecule has 0 heterocycles. The Morgan fingerprint density at radius 1 is 0.796 bits per heavy atom. The molecule has 0 fully saturated rings. The van der Waals surface area contributed by atoms with Crippen LogP contribution in [-0.4, -0.2) is 51.2 Å². The molecule has 0 radical (unpaired) electrons. The summed E-state index contributed by atoms with van der Waals surface area (Å²) >= 11 is 7.22. The number of carbonyl (C=O) groups excluding carboxylic acids is 2. The van der Waals surface area contributed by atoms with E-state index in [0.717, 1.165) is 49.9 Å². The van der Waals surface area contributed by atoms with E-state index in [1.165, 1.54) is 16.7 Å². The number of nitrogens with zero attached hydrogens (tertiary/aromatic N) is 1. The van der Waals surface area contributed by atoms with Crippen molar-refractivity contribution in [3.05, 3.63) is 117 Å². The zero-order chi connectivity index (χ0) is 35.5. The molecule has 260 valence electrons. The molecular formula is C41H48ClNO6. The van der Waals surface area contributed by atoms with Gasteiger partial charge >= 0.3 is 11.9 Å². The maximum absolute atomic E-state index is 13.5. The average molecular weight is 686 g/mol. The van der Waals surface area contributed by atoms with Crippen molar-refractivity contribution in [2.24, 2.45) is 0 Å². The lowest BCUT2D eigenvalue weighted by Gasteiger charge is -2.28. The molecule has 0 aliphatic heterocycles. The van der Waals surface area contributed by atoms with Gasteiger partial charge in [-0.3, -0.25) is 0 Å². The SMILES string of the molecule is CC.CCCc1c(C(CN(C)CC)c2ccc3c(c2)CCC3)cc(OC(=O)c2ccc(OC)cc2)c(OC(=O)c2ccc(OC)cc2)c1Cl. The molecule has 1 aliphatic carbocycles. The summed E-state index contributed by atoms with van der Waals surface area (Å²) in [4.78, 5) is 29.3. The van der Waals surface area contributed by atoms with Gasteiger partial charge in [-0.2, -0.15) is 0 Å². The minimum Gasteiger partial charge on any atom is -0.497 e. The van der Waals surface area contributed by atoms with Crippen LogP contribution in [0.2, 0.25) is 5.02 Å². The highest BCUT2D eigenvalue weighted by molar-refractivity contribution is 6.33. The van der Waals surface area contributed by atoms with E-state index in [2.05, 4.69) is 44.0 Å². The molecule has 1 aliphatic rings. The first-order valence-corrected chi connectivity index (χ1v) is 17.5. The number of halogens is 1. The molecule has 0 N–H and O–H groups in total. The summed E-state index contributed by atoms with van der Waals surface area (Å²) in [6.45, 7) is 9.79. The van der Waals surface area contributed by atoms with Gasteiger partial charge in [-0.25, -0.2) is 9.59 Å². The van der Waals surface area contributed by atoms with Crippen molar-refractivity contribution >= 4 is 23.5 Å².